The highest BCUT2D eigenvalue weighted by molar-refractivity contribution is 5.75. The number of methoxy groups -OCH3 is 1. The molecule has 3 nitrogen and oxygen atoms in total. The summed E-state index contributed by atoms with van der Waals surface area (Å²) in [5.74, 6) is -0.427. The van der Waals surface area contributed by atoms with E-state index in [1.165, 1.54) is 18.2 Å². The van der Waals surface area contributed by atoms with Crippen molar-refractivity contribution >= 4 is 5.97 Å². The largest absolute Gasteiger partial charge is 0.469 e. The van der Waals surface area contributed by atoms with Crippen LogP contribution in [-0.4, -0.2) is 13.1 Å². The second-order valence-electron chi connectivity index (χ2n) is 4.00. The van der Waals surface area contributed by atoms with Crippen LogP contribution in [0.1, 0.15) is 22.7 Å². The molecule has 80 valence electrons. The van der Waals surface area contributed by atoms with E-state index in [4.69, 9.17) is 10.5 Å². The molecule has 0 aliphatic heterocycles. The Labute approximate surface area is 89.2 Å². The minimum Gasteiger partial charge on any atom is -0.469 e. The van der Waals surface area contributed by atoms with Crippen LogP contribution in [0.4, 0.5) is 0 Å². The number of carbonyl (C=O) groups excluding carboxylic acids is 1. The standard InChI is InChI=1S/C12H15NO2/c1-7-4-3-5-8-9(7)6-10(11(8)13)12(14)15-2/h3-5,10-11H,6,13H2,1-2H3. The van der Waals surface area contributed by atoms with Gasteiger partial charge in [0.2, 0.25) is 0 Å². The zero-order valence-electron chi connectivity index (χ0n) is 8.99. The first-order chi connectivity index (χ1) is 7.15. The minimum absolute atomic E-state index is 0.210. The van der Waals surface area contributed by atoms with Gasteiger partial charge in [-0.05, 0) is 30.0 Å². The molecule has 0 fully saturated rings. The average Bonchev–Trinajstić information content (AvgIpc) is 2.57. The zero-order valence-corrected chi connectivity index (χ0v) is 8.99. The summed E-state index contributed by atoms with van der Waals surface area (Å²) in [4.78, 5) is 11.5. The average molecular weight is 205 g/mol. The molecule has 2 rings (SSSR count). The number of hydrogen-bond donors (Lipinski definition) is 1. The molecule has 0 radical (unpaired) electrons. The second-order valence-corrected chi connectivity index (χ2v) is 4.00. The Morgan fingerprint density at radius 3 is 2.87 bits per heavy atom. The normalized spacial score (nSPS) is 23.7. The van der Waals surface area contributed by atoms with E-state index in [1.54, 1.807) is 0 Å². The van der Waals surface area contributed by atoms with Crippen LogP contribution >= 0.6 is 0 Å². The predicted molar refractivity (Wildman–Crippen MR) is 57.3 cm³/mol. The number of ether oxygens (including phenoxy) is 1. The van der Waals surface area contributed by atoms with Crippen molar-refractivity contribution in [2.24, 2.45) is 11.7 Å². The molecule has 0 spiro atoms. The third kappa shape index (κ3) is 1.53. The van der Waals surface area contributed by atoms with E-state index in [9.17, 15) is 4.79 Å². The monoisotopic (exact) mass is 205 g/mol. The molecule has 1 aliphatic rings. The number of hydrogen-bond acceptors (Lipinski definition) is 3. The summed E-state index contributed by atoms with van der Waals surface area (Å²) in [7, 11) is 1.41. The van der Waals surface area contributed by atoms with Crippen LogP contribution in [0.5, 0.6) is 0 Å². The van der Waals surface area contributed by atoms with Crippen LogP contribution in [-0.2, 0) is 16.0 Å². The Kier molecular flexibility index (Phi) is 2.49. The van der Waals surface area contributed by atoms with Gasteiger partial charge in [-0.2, -0.15) is 0 Å². The molecule has 15 heavy (non-hydrogen) atoms. The molecule has 0 amide bonds. The number of nitrogens with two attached hydrogens (primary N) is 1. The molecule has 0 heterocycles. The number of benzene rings is 1. The van der Waals surface area contributed by atoms with Crippen molar-refractivity contribution in [2.45, 2.75) is 19.4 Å². The van der Waals surface area contributed by atoms with Gasteiger partial charge in [-0.15, -0.1) is 0 Å². The van der Waals surface area contributed by atoms with Gasteiger partial charge in [0.15, 0.2) is 0 Å². The van der Waals surface area contributed by atoms with Gasteiger partial charge in [-0.25, -0.2) is 0 Å². The van der Waals surface area contributed by atoms with Gasteiger partial charge in [0.25, 0.3) is 0 Å². The SMILES string of the molecule is COC(=O)C1Cc2c(C)cccc2C1N. The van der Waals surface area contributed by atoms with Crippen molar-refractivity contribution in [2.75, 3.05) is 7.11 Å². The van der Waals surface area contributed by atoms with Gasteiger partial charge in [0.1, 0.15) is 0 Å². The van der Waals surface area contributed by atoms with Crippen LogP contribution in [0.15, 0.2) is 18.2 Å². The summed E-state index contributed by atoms with van der Waals surface area (Å²) >= 11 is 0. The van der Waals surface area contributed by atoms with E-state index in [1.807, 2.05) is 25.1 Å². The van der Waals surface area contributed by atoms with E-state index in [2.05, 4.69) is 0 Å². The Morgan fingerprint density at radius 2 is 2.27 bits per heavy atom. The molecule has 0 bridgehead atoms. The van der Waals surface area contributed by atoms with Gasteiger partial charge >= 0.3 is 5.97 Å². The molecule has 2 unspecified atom stereocenters. The van der Waals surface area contributed by atoms with Crippen molar-refractivity contribution in [3.05, 3.63) is 34.9 Å². The molecule has 0 aromatic heterocycles. The molecule has 2 atom stereocenters. The molecule has 0 saturated heterocycles. The highest BCUT2D eigenvalue weighted by Gasteiger charge is 2.36. The van der Waals surface area contributed by atoms with Crippen LogP contribution in [0.3, 0.4) is 0 Å². The van der Waals surface area contributed by atoms with E-state index in [0.717, 1.165) is 5.56 Å². The van der Waals surface area contributed by atoms with Crippen LogP contribution in [0.2, 0.25) is 0 Å². The number of esters is 1. The molecular formula is C12H15NO2. The first kappa shape index (κ1) is 10.2. The van der Waals surface area contributed by atoms with Crippen molar-refractivity contribution in [1.82, 2.24) is 0 Å². The third-order valence-electron chi connectivity index (χ3n) is 3.17. The van der Waals surface area contributed by atoms with Gasteiger partial charge in [-0.1, -0.05) is 18.2 Å². The molecule has 1 aromatic rings. The van der Waals surface area contributed by atoms with Gasteiger partial charge in [0, 0.05) is 6.04 Å². The summed E-state index contributed by atoms with van der Waals surface area (Å²) < 4.78 is 4.76. The highest BCUT2D eigenvalue weighted by atomic mass is 16.5. The topological polar surface area (TPSA) is 52.3 Å². The molecule has 2 N–H and O–H groups in total. The molecule has 1 aliphatic carbocycles. The summed E-state index contributed by atoms with van der Waals surface area (Å²) in [5.41, 5.74) is 9.54. The lowest BCUT2D eigenvalue weighted by molar-refractivity contribution is -0.145. The van der Waals surface area contributed by atoms with E-state index < -0.39 is 0 Å². The van der Waals surface area contributed by atoms with Gasteiger partial charge in [0.05, 0.1) is 13.0 Å². The molecular weight excluding hydrogens is 190 g/mol. The zero-order chi connectivity index (χ0) is 11.0. The first-order valence-electron chi connectivity index (χ1n) is 5.07. The summed E-state index contributed by atoms with van der Waals surface area (Å²) in [6, 6.07) is 5.81. The van der Waals surface area contributed by atoms with Crippen LogP contribution in [0.25, 0.3) is 0 Å². The van der Waals surface area contributed by atoms with Gasteiger partial charge < -0.3 is 10.5 Å². The van der Waals surface area contributed by atoms with Crippen molar-refractivity contribution in [3.8, 4) is 0 Å². The fourth-order valence-corrected chi connectivity index (χ4v) is 2.26. The Bertz CT molecular complexity index is 401. The van der Waals surface area contributed by atoms with Crippen molar-refractivity contribution in [1.29, 1.82) is 0 Å². The second kappa shape index (κ2) is 3.66. The minimum atomic E-state index is -0.217. The van der Waals surface area contributed by atoms with E-state index >= 15 is 0 Å². The highest BCUT2D eigenvalue weighted by Crippen LogP contribution is 2.36. The first-order valence-corrected chi connectivity index (χ1v) is 5.07. The lowest BCUT2D eigenvalue weighted by Crippen LogP contribution is -2.25. The Hall–Kier alpha value is -1.35. The third-order valence-corrected chi connectivity index (χ3v) is 3.17. The van der Waals surface area contributed by atoms with E-state index in [-0.39, 0.29) is 17.9 Å². The summed E-state index contributed by atoms with van der Waals surface area (Å²) in [5, 5.41) is 0. The fraction of sp³-hybridized carbons (Fsp3) is 0.417. The maximum atomic E-state index is 11.5. The smallest absolute Gasteiger partial charge is 0.310 e. The van der Waals surface area contributed by atoms with E-state index in [0.29, 0.717) is 6.42 Å². The number of rotatable bonds is 1. The Morgan fingerprint density at radius 1 is 1.53 bits per heavy atom. The number of aryl methyl sites for hydroxylation is 1. The van der Waals surface area contributed by atoms with Crippen molar-refractivity contribution in [3.63, 3.8) is 0 Å². The van der Waals surface area contributed by atoms with Crippen molar-refractivity contribution < 1.29 is 9.53 Å². The fourth-order valence-electron chi connectivity index (χ4n) is 2.26. The molecule has 0 saturated carbocycles. The number of carbonyl (C=O) groups is 1. The maximum absolute atomic E-state index is 11.5. The van der Waals surface area contributed by atoms with Crippen LogP contribution in [0, 0.1) is 12.8 Å². The number of fused-ring (bicyclic) bond motifs is 1. The lowest BCUT2D eigenvalue weighted by Gasteiger charge is -2.12. The quantitative estimate of drug-likeness (QED) is 0.704. The Balaban J connectivity index is 2.37. The lowest BCUT2D eigenvalue weighted by atomic mass is 10.0. The molecule has 1 aromatic carbocycles. The van der Waals surface area contributed by atoms with Crippen LogP contribution < -0.4 is 5.73 Å². The van der Waals surface area contributed by atoms with Gasteiger partial charge in [-0.3, -0.25) is 4.79 Å². The molecule has 3 heteroatoms. The summed E-state index contributed by atoms with van der Waals surface area (Å²) in [6.45, 7) is 2.05. The summed E-state index contributed by atoms with van der Waals surface area (Å²) in [6.07, 6.45) is 0.704. The predicted octanol–water partition coefficient (Wildman–Crippen LogP) is 1.34. The maximum Gasteiger partial charge on any atom is 0.310 e.